The molecule has 3 rings (SSSR count). The third-order valence-electron chi connectivity index (χ3n) is 9.86. The summed E-state index contributed by atoms with van der Waals surface area (Å²) >= 11 is 0. The van der Waals surface area contributed by atoms with Gasteiger partial charge in [0.1, 0.15) is 12.1 Å². The number of nitrogens with zero attached hydrogens (tertiary/aromatic N) is 2. The first-order valence-corrected chi connectivity index (χ1v) is 17.9. The van der Waals surface area contributed by atoms with Crippen molar-refractivity contribution in [2.75, 3.05) is 26.4 Å². The van der Waals surface area contributed by atoms with Crippen molar-refractivity contribution in [2.24, 2.45) is 34.3 Å². The van der Waals surface area contributed by atoms with Crippen LogP contribution >= 0.6 is 0 Å². The predicted octanol–water partition coefficient (Wildman–Crippen LogP) is 1.36. The Labute approximate surface area is 268 Å². The molecule has 0 spiro atoms. The van der Waals surface area contributed by atoms with E-state index in [1.54, 1.807) is 0 Å². The van der Waals surface area contributed by atoms with Gasteiger partial charge in [-0.2, -0.15) is 0 Å². The van der Waals surface area contributed by atoms with Gasteiger partial charge in [-0.3, -0.25) is 19.2 Å². The van der Waals surface area contributed by atoms with E-state index in [0.29, 0.717) is 13.0 Å². The summed E-state index contributed by atoms with van der Waals surface area (Å²) in [6.45, 7) is 11.5. The van der Waals surface area contributed by atoms with Crippen molar-refractivity contribution in [3.63, 3.8) is 0 Å². The van der Waals surface area contributed by atoms with Gasteiger partial charge in [-0.1, -0.05) is 67.2 Å². The number of likely N-dealkylation sites (tertiary alicyclic amines) is 1. The Kier molecular flexibility index (Phi) is 11.4. The van der Waals surface area contributed by atoms with Crippen LogP contribution in [0, 0.1) is 28.6 Å². The molecule has 3 fully saturated rings. The van der Waals surface area contributed by atoms with Crippen LogP contribution in [0.15, 0.2) is 0 Å². The zero-order chi connectivity index (χ0) is 34.1. The second kappa shape index (κ2) is 13.9. The lowest BCUT2D eigenvalue weighted by Gasteiger charge is -2.38. The zero-order valence-electron chi connectivity index (χ0n) is 28.1. The quantitative estimate of drug-likeness (QED) is 0.229. The molecule has 0 bridgehead atoms. The van der Waals surface area contributed by atoms with Gasteiger partial charge in [0.2, 0.25) is 27.6 Å². The molecule has 0 aromatic heterocycles. The highest BCUT2D eigenvalue weighted by Gasteiger charge is 2.52. The lowest BCUT2D eigenvalue weighted by Crippen LogP contribution is -2.62. The highest BCUT2D eigenvalue weighted by Crippen LogP contribution is 2.43. The van der Waals surface area contributed by atoms with E-state index in [-0.39, 0.29) is 24.3 Å². The fourth-order valence-electron chi connectivity index (χ4n) is 6.66. The number of nitrogens with one attached hydrogen (secondary N) is 3. The van der Waals surface area contributed by atoms with E-state index in [1.807, 2.05) is 41.5 Å². The number of rotatable bonds is 12. The van der Waals surface area contributed by atoms with Crippen molar-refractivity contribution in [1.82, 2.24) is 25.2 Å². The van der Waals surface area contributed by atoms with Gasteiger partial charge in [0.15, 0.2) is 0 Å². The lowest BCUT2D eigenvalue weighted by molar-refractivity contribution is -0.144. The predicted molar refractivity (Wildman–Crippen MR) is 170 cm³/mol. The number of ketones is 1. The lowest BCUT2D eigenvalue weighted by atomic mass is 9.80. The minimum atomic E-state index is -3.49. The van der Waals surface area contributed by atoms with Crippen LogP contribution in [0.25, 0.3) is 0 Å². The first-order valence-electron chi connectivity index (χ1n) is 16.0. The van der Waals surface area contributed by atoms with Crippen molar-refractivity contribution in [3.05, 3.63) is 0 Å². The van der Waals surface area contributed by atoms with Gasteiger partial charge in [0.05, 0.1) is 12.3 Å². The molecule has 0 radical (unpaired) electrons. The number of carbonyl (C=O) groups excluding carboxylic acids is 5. The van der Waals surface area contributed by atoms with Crippen LogP contribution in [-0.4, -0.2) is 97.7 Å². The number of fused-ring (bicyclic) bond motifs is 1. The summed E-state index contributed by atoms with van der Waals surface area (Å²) < 4.78 is 25.3. The molecule has 2 saturated carbocycles. The molecule has 1 aliphatic heterocycles. The van der Waals surface area contributed by atoms with Gasteiger partial charge in [0, 0.05) is 26.2 Å². The summed E-state index contributed by atoms with van der Waals surface area (Å²) in [6, 6.07) is -4.11. The van der Waals surface area contributed by atoms with E-state index in [9.17, 15) is 32.4 Å². The van der Waals surface area contributed by atoms with E-state index in [0.717, 1.165) is 44.8 Å². The van der Waals surface area contributed by atoms with Crippen molar-refractivity contribution in [1.29, 1.82) is 0 Å². The maximum absolute atomic E-state index is 14.3. The van der Waals surface area contributed by atoms with Gasteiger partial charge in [-0.25, -0.2) is 17.5 Å². The molecule has 45 heavy (non-hydrogen) atoms. The summed E-state index contributed by atoms with van der Waals surface area (Å²) in [6.07, 6.45) is 6.82. The Balaban J connectivity index is 1.83. The fourth-order valence-corrected chi connectivity index (χ4v) is 7.08. The summed E-state index contributed by atoms with van der Waals surface area (Å²) in [4.78, 5) is 67.7. The average molecular weight is 655 g/mol. The first-order chi connectivity index (χ1) is 20.6. The minimum Gasteiger partial charge on any atom is -0.363 e. The number of hydrogen-bond donors (Lipinski definition) is 4. The number of amides is 5. The van der Waals surface area contributed by atoms with Crippen LogP contribution < -0.4 is 21.7 Å². The zero-order valence-corrected chi connectivity index (χ0v) is 29.0. The number of primary amides is 1. The van der Waals surface area contributed by atoms with Crippen LogP contribution in [0.4, 0.5) is 4.79 Å². The molecule has 1 heterocycles. The minimum absolute atomic E-state index is 0.0354. The Morgan fingerprint density at radius 2 is 1.51 bits per heavy atom. The van der Waals surface area contributed by atoms with E-state index in [2.05, 4.69) is 16.0 Å². The largest absolute Gasteiger partial charge is 0.363 e. The Hall–Kier alpha value is -2.74. The van der Waals surface area contributed by atoms with Gasteiger partial charge in [-0.05, 0) is 47.8 Å². The molecule has 0 aromatic carbocycles. The topological polar surface area (TPSA) is 188 Å². The van der Waals surface area contributed by atoms with Crippen molar-refractivity contribution >= 4 is 39.6 Å². The van der Waals surface area contributed by atoms with Gasteiger partial charge < -0.3 is 26.6 Å². The summed E-state index contributed by atoms with van der Waals surface area (Å²) in [5.74, 6) is -2.61. The van der Waals surface area contributed by atoms with E-state index < -0.39 is 74.6 Å². The molecule has 6 atom stereocenters. The van der Waals surface area contributed by atoms with Crippen molar-refractivity contribution in [3.8, 4) is 0 Å². The van der Waals surface area contributed by atoms with Gasteiger partial charge >= 0.3 is 6.03 Å². The van der Waals surface area contributed by atoms with Crippen molar-refractivity contribution < 1.29 is 32.4 Å². The van der Waals surface area contributed by atoms with Crippen LogP contribution in [0.1, 0.15) is 86.5 Å². The molecule has 2 aliphatic carbocycles. The van der Waals surface area contributed by atoms with Crippen LogP contribution in [0.2, 0.25) is 0 Å². The van der Waals surface area contributed by atoms with Gasteiger partial charge in [0.25, 0.3) is 5.91 Å². The third kappa shape index (κ3) is 9.17. The Morgan fingerprint density at radius 3 is 2.00 bits per heavy atom. The first kappa shape index (κ1) is 36.7. The molecular weight excluding hydrogens is 600 g/mol. The highest BCUT2D eigenvalue weighted by molar-refractivity contribution is 7.88. The summed E-state index contributed by atoms with van der Waals surface area (Å²) in [7, 11) is -2.05. The Morgan fingerprint density at radius 1 is 0.911 bits per heavy atom. The third-order valence-corrected chi connectivity index (χ3v) is 11.1. The molecule has 14 heteroatoms. The number of carbonyl (C=O) groups is 5. The SMILES string of the molecule is CN(C[C@@H](NC(=O)N[C@H](C(=O)N1C[C@@H]2CCC[C@@H]2[C@H]1C(=O)NC(CC1CCC1)C(=O)C(N)=O)C(C)(C)C)C(C)(C)C)S(C)(=O)=O. The summed E-state index contributed by atoms with van der Waals surface area (Å²) in [5.41, 5.74) is 4.07. The average Bonchev–Trinajstić information content (AvgIpc) is 3.46. The smallest absolute Gasteiger partial charge is 0.315 e. The standard InChI is InChI=1S/C31H54N6O7S/c1-30(2,3)22(17-36(7)45(8,43)44)34-29(42)35-25(31(4,5)6)28(41)37-16-19-13-10-14-20(19)23(37)27(40)33-21(24(38)26(32)39)15-18-11-9-12-18/h18-23,25H,9-17H2,1-8H3,(H2,32,39)(H,33,40)(H2,34,35,42)/t19-,20-,21?,22+,23-,25+/m0/s1. The molecule has 3 aliphatic rings. The number of hydrogen-bond acceptors (Lipinski definition) is 7. The monoisotopic (exact) mass is 654 g/mol. The highest BCUT2D eigenvalue weighted by atomic mass is 32.2. The number of urea groups is 1. The molecular formula is C31H54N6O7S. The number of likely N-dealkylation sites (N-methyl/N-ethyl adjacent to an activating group) is 1. The van der Waals surface area contributed by atoms with Crippen LogP contribution in [0.3, 0.4) is 0 Å². The van der Waals surface area contributed by atoms with E-state index in [1.165, 1.54) is 16.3 Å². The Bertz CT molecular complexity index is 1250. The molecule has 0 aromatic rings. The molecule has 5 N–H and O–H groups in total. The van der Waals surface area contributed by atoms with Crippen LogP contribution in [0.5, 0.6) is 0 Å². The molecule has 1 saturated heterocycles. The number of sulfonamides is 1. The molecule has 256 valence electrons. The normalized spacial score (nSPS) is 24.3. The molecule has 5 amide bonds. The maximum Gasteiger partial charge on any atom is 0.315 e. The summed E-state index contributed by atoms with van der Waals surface area (Å²) in [5, 5.41) is 8.50. The number of nitrogens with two attached hydrogens (primary N) is 1. The number of Topliss-reactive ketones (excluding diaryl/α,β-unsaturated/α-hetero) is 1. The fraction of sp³-hybridized carbons (Fsp3) is 0.839. The second-order valence-electron chi connectivity index (χ2n) is 15.5. The van der Waals surface area contributed by atoms with E-state index >= 15 is 0 Å². The molecule has 1 unspecified atom stereocenters. The maximum atomic E-state index is 14.3. The molecule has 13 nitrogen and oxygen atoms in total. The van der Waals surface area contributed by atoms with Crippen molar-refractivity contribution in [2.45, 2.75) is 111 Å². The van der Waals surface area contributed by atoms with Gasteiger partial charge in [-0.15, -0.1) is 0 Å². The van der Waals surface area contributed by atoms with Crippen LogP contribution in [-0.2, 0) is 29.2 Å². The van der Waals surface area contributed by atoms with E-state index in [4.69, 9.17) is 5.73 Å². The second-order valence-corrected chi connectivity index (χ2v) is 17.6.